The molecule has 1 rings (SSSR count). The van der Waals surface area contributed by atoms with Crippen LogP contribution in [-0.4, -0.2) is 9.97 Å². The third-order valence-electron chi connectivity index (χ3n) is 1.74. The van der Waals surface area contributed by atoms with Gasteiger partial charge in [0, 0.05) is 5.56 Å². The largest absolute Gasteiger partial charge is 0.224 e. The van der Waals surface area contributed by atoms with Gasteiger partial charge in [0.25, 0.3) is 0 Å². The van der Waals surface area contributed by atoms with E-state index in [0.29, 0.717) is 15.9 Å². The van der Waals surface area contributed by atoms with Crippen LogP contribution in [0.4, 0.5) is 0 Å². The van der Waals surface area contributed by atoms with Crippen LogP contribution in [0.3, 0.4) is 0 Å². The third-order valence-corrected chi connectivity index (χ3v) is 2.31. The van der Waals surface area contributed by atoms with Gasteiger partial charge in [0.2, 0.25) is 0 Å². The van der Waals surface area contributed by atoms with Gasteiger partial charge in [-0.25, -0.2) is 9.97 Å². The molecule has 0 unspecified atom stereocenters. The molecular weight excluding hydrogens is 207 g/mol. The van der Waals surface area contributed by atoms with Gasteiger partial charge < -0.3 is 0 Å². The summed E-state index contributed by atoms with van der Waals surface area (Å²) in [4.78, 5) is 7.66. The zero-order valence-corrected chi connectivity index (χ0v) is 8.82. The molecule has 0 N–H and O–H groups in total. The maximum Gasteiger partial charge on any atom is 0.138 e. The van der Waals surface area contributed by atoms with E-state index < -0.39 is 5.41 Å². The van der Waals surface area contributed by atoms with Crippen molar-refractivity contribution < 1.29 is 0 Å². The average molecular weight is 215 g/mol. The monoisotopic (exact) mass is 214 g/mol. The van der Waals surface area contributed by atoms with Crippen LogP contribution in [0.1, 0.15) is 19.4 Å². The van der Waals surface area contributed by atoms with E-state index in [4.69, 9.17) is 29.6 Å². The second-order valence-electron chi connectivity index (χ2n) is 3.10. The SMILES string of the molecule is C#CC(C)(C)c1c(Cl)ncnc1Cl. The van der Waals surface area contributed by atoms with Crippen LogP contribution >= 0.6 is 23.2 Å². The Morgan fingerprint density at radius 3 is 2.15 bits per heavy atom. The fourth-order valence-electron chi connectivity index (χ4n) is 0.932. The molecule has 0 aliphatic rings. The summed E-state index contributed by atoms with van der Waals surface area (Å²) < 4.78 is 0. The molecular formula is C9H8Cl2N2. The molecule has 1 aromatic rings. The molecule has 0 atom stereocenters. The minimum atomic E-state index is -0.546. The number of terminal acetylenes is 1. The lowest BCUT2D eigenvalue weighted by atomic mass is 9.88. The minimum absolute atomic E-state index is 0.308. The first kappa shape index (κ1) is 10.3. The lowest BCUT2D eigenvalue weighted by Gasteiger charge is -2.19. The summed E-state index contributed by atoms with van der Waals surface area (Å²) in [5, 5.41) is 0.617. The first-order chi connectivity index (χ1) is 5.99. The van der Waals surface area contributed by atoms with E-state index in [1.165, 1.54) is 6.33 Å². The molecule has 0 saturated heterocycles. The van der Waals surface area contributed by atoms with Gasteiger partial charge >= 0.3 is 0 Å². The van der Waals surface area contributed by atoms with Gasteiger partial charge in [0.05, 0.1) is 5.41 Å². The number of hydrogen-bond donors (Lipinski definition) is 0. The molecule has 0 aromatic carbocycles. The summed E-state index contributed by atoms with van der Waals surface area (Å²) in [6.45, 7) is 3.67. The van der Waals surface area contributed by atoms with E-state index >= 15 is 0 Å². The number of nitrogens with zero attached hydrogens (tertiary/aromatic N) is 2. The predicted octanol–water partition coefficient (Wildman–Crippen LogP) is 2.69. The maximum atomic E-state index is 5.86. The van der Waals surface area contributed by atoms with Crippen molar-refractivity contribution in [2.45, 2.75) is 19.3 Å². The summed E-state index contributed by atoms with van der Waals surface area (Å²) in [6.07, 6.45) is 6.66. The highest BCUT2D eigenvalue weighted by molar-refractivity contribution is 6.34. The molecule has 2 nitrogen and oxygen atoms in total. The van der Waals surface area contributed by atoms with Gasteiger partial charge in [0.15, 0.2) is 0 Å². The van der Waals surface area contributed by atoms with Crippen LogP contribution in [0.15, 0.2) is 6.33 Å². The van der Waals surface area contributed by atoms with Gasteiger partial charge in [-0.1, -0.05) is 29.1 Å². The second kappa shape index (κ2) is 3.53. The van der Waals surface area contributed by atoms with E-state index in [9.17, 15) is 0 Å². The first-order valence-corrected chi connectivity index (χ1v) is 4.39. The molecule has 13 heavy (non-hydrogen) atoms. The fraction of sp³-hybridized carbons (Fsp3) is 0.333. The van der Waals surface area contributed by atoms with Gasteiger partial charge in [0.1, 0.15) is 16.6 Å². The second-order valence-corrected chi connectivity index (χ2v) is 3.82. The van der Waals surface area contributed by atoms with E-state index in [2.05, 4.69) is 15.9 Å². The number of hydrogen-bond acceptors (Lipinski definition) is 2. The summed E-state index contributed by atoms with van der Waals surface area (Å²) in [7, 11) is 0. The van der Waals surface area contributed by atoms with Crippen LogP contribution in [0, 0.1) is 12.3 Å². The highest BCUT2D eigenvalue weighted by Crippen LogP contribution is 2.32. The Morgan fingerprint density at radius 1 is 1.31 bits per heavy atom. The van der Waals surface area contributed by atoms with Gasteiger partial charge in [-0.3, -0.25) is 0 Å². The van der Waals surface area contributed by atoms with Crippen LogP contribution in [-0.2, 0) is 5.41 Å². The van der Waals surface area contributed by atoms with Crippen LogP contribution in [0.2, 0.25) is 10.3 Å². The van der Waals surface area contributed by atoms with Gasteiger partial charge in [-0.2, -0.15) is 0 Å². The Kier molecular flexibility index (Phi) is 2.80. The molecule has 1 aromatic heterocycles. The van der Waals surface area contributed by atoms with E-state index in [1.807, 2.05) is 13.8 Å². The van der Waals surface area contributed by atoms with Gasteiger partial charge in [-0.05, 0) is 13.8 Å². The van der Waals surface area contributed by atoms with Crippen molar-refractivity contribution in [3.63, 3.8) is 0 Å². The summed E-state index contributed by atoms with van der Waals surface area (Å²) in [5.41, 5.74) is 0.0518. The highest BCUT2D eigenvalue weighted by Gasteiger charge is 2.25. The number of aromatic nitrogens is 2. The Morgan fingerprint density at radius 2 is 1.77 bits per heavy atom. The Labute approximate surface area is 87.3 Å². The lowest BCUT2D eigenvalue weighted by molar-refractivity contribution is 0.690. The Bertz CT molecular complexity index is 346. The lowest BCUT2D eigenvalue weighted by Crippen LogP contribution is -2.16. The molecule has 0 spiro atoms. The molecule has 1 heterocycles. The van der Waals surface area contributed by atoms with Crippen LogP contribution < -0.4 is 0 Å². The van der Waals surface area contributed by atoms with E-state index in [0.717, 1.165) is 0 Å². The normalized spacial score (nSPS) is 11.0. The molecule has 0 amide bonds. The molecule has 0 saturated carbocycles. The minimum Gasteiger partial charge on any atom is -0.224 e. The molecule has 0 fully saturated rings. The summed E-state index contributed by atoms with van der Waals surface area (Å²) >= 11 is 11.7. The predicted molar refractivity (Wildman–Crippen MR) is 53.9 cm³/mol. The van der Waals surface area contributed by atoms with E-state index in [1.54, 1.807) is 0 Å². The van der Waals surface area contributed by atoms with Crippen molar-refractivity contribution >= 4 is 23.2 Å². The maximum absolute atomic E-state index is 5.86. The van der Waals surface area contributed by atoms with Crippen molar-refractivity contribution in [3.8, 4) is 12.3 Å². The molecule has 0 aliphatic heterocycles. The fourth-order valence-corrected chi connectivity index (χ4v) is 1.72. The molecule has 0 bridgehead atoms. The van der Waals surface area contributed by atoms with Gasteiger partial charge in [-0.15, -0.1) is 6.42 Å². The van der Waals surface area contributed by atoms with Crippen molar-refractivity contribution in [2.24, 2.45) is 0 Å². The smallest absolute Gasteiger partial charge is 0.138 e. The molecule has 68 valence electrons. The average Bonchev–Trinajstić information content (AvgIpc) is 2.03. The standard InChI is InChI=1S/C9H8Cl2N2/c1-4-9(2,3)6-7(10)12-5-13-8(6)11/h1,5H,2-3H3. The van der Waals surface area contributed by atoms with Crippen molar-refractivity contribution in [1.29, 1.82) is 0 Å². The molecule has 0 radical (unpaired) electrons. The Balaban J connectivity index is 3.38. The molecule has 4 heteroatoms. The van der Waals surface area contributed by atoms with Crippen LogP contribution in [0.5, 0.6) is 0 Å². The van der Waals surface area contributed by atoms with Crippen molar-refractivity contribution in [1.82, 2.24) is 9.97 Å². The number of rotatable bonds is 1. The zero-order valence-electron chi connectivity index (χ0n) is 7.31. The number of halogens is 2. The Hall–Kier alpha value is -0.780. The van der Waals surface area contributed by atoms with Crippen LogP contribution in [0.25, 0.3) is 0 Å². The van der Waals surface area contributed by atoms with Crippen molar-refractivity contribution in [3.05, 3.63) is 22.2 Å². The summed E-state index contributed by atoms with van der Waals surface area (Å²) in [5.74, 6) is 2.59. The van der Waals surface area contributed by atoms with Crippen molar-refractivity contribution in [2.75, 3.05) is 0 Å². The summed E-state index contributed by atoms with van der Waals surface area (Å²) in [6, 6.07) is 0. The topological polar surface area (TPSA) is 25.8 Å². The highest BCUT2D eigenvalue weighted by atomic mass is 35.5. The van der Waals surface area contributed by atoms with E-state index in [-0.39, 0.29) is 0 Å². The molecule has 0 aliphatic carbocycles. The first-order valence-electron chi connectivity index (χ1n) is 3.63. The zero-order chi connectivity index (χ0) is 10.1. The third kappa shape index (κ3) is 1.93. The quantitative estimate of drug-likeness (QED) is 0.531.